The number of hydrogen-bond donors (Lipinski definition) is 0. The van der Waals surface area contributed by atoms with E-state index in [4.69, 9.17) is 9.78 Å². The van der Waals surface area contributed by atoms with Crippen LogP contribution < -0.4 is 0 Å². The third kappa shape index (κ3) is 1.28. The van der Waals surface area contributed by atoms with Gasteiger partial charge in [0.05, 0.1) is 0 Å². The van der Waals surface area contributed by atoms with Gasteiger partial charge in [0.2, 0.25) is 0 Å². The molecule has 0 spiro atoms. The van der Waals surface area contributed by atoms with E-state index in [-0.39, 0.29) is 5.60 Å². The summed E-state index contributed by atoms with van der Waals surface area (Å²) < 4.78 is 1.08. The molecule has 2 rings (SSSR count). The second-order valence-electron chi connectivity index (χ2n) is 3.08. The minimum atomic E-state index is -0.235. The highest BCUT2D eigenvalue weighted by Gasteiger charge is 2.37. The molecule has 0 bridgehead atoms. The van der Waals surface area contributed by atoms with Crippen molar-refractivity contribution in [1.29, 1.82) is 0 Å². The van der Waals surface area contributed by atoms with Crippen molar-refractivity contribution >= 4 is 15.9 Å². The van der Waals surface area contributed by atoms with Crippen LogP contribution in [0, 0.1) is 0 Å². The Morgan fingerprint density at radius 1 is 1.33 bits per heavy atom. The van der Waals surface area contributed by atoms with Gasteiger partial charge in [-0.15, -0.1) is 0 Å². The average Bonchev–Trinajstić information content (AvgIpc) is 2.02. The van der Waals surface area contributed by atoms with Gasteiger partial charge in [-0.1, -0.05) is 28.1 Å². The molecule has 0 radical (unpaired) electrons. The van der Waals surface area contributed by atoms with Gasteiger partial charge in [-0.2, -0.15) is 0 Å². The summed E-state index contributed by atoms with van der Waals surface area (Å²) in [5, 5.41) is 0. The quantitative estimate of drug-likeness (QED) is 0.689. The minimum absolute atomic E-state index is 0.235. The van der Waals surface area contributed by atoms with E-state index in [0.29, 0.717) is 6.61 Å². The zero-order chi connectivity index (χ0) is 8.60. The standard InChI is InChI=1S/C9H9BrO2/c1-9(6-11-12-9)7-2-4-8(10)5-3-7/h2-5H,6H2,1H3. The van der Waals surface area contributed by atoms with Crippen LogP contribution in [0.2, 0.25) is 0 Å². The lowest BCUT2D eigenvalue weighted by Crippen LogP contribution is -2.41. The molecule has 1 aliphatic rings. The van der Waals surface area contributed by atoms with Crippen LogP contribution in [0.4, 0.5) is 0 Å². The van der Waals surface area contributed by atoms with Crippen molar-refractivity contribution in [3.63, 3.8) is 0 Å². The highest BCUT2D eigenvalue weighted by molar-refractivity contribution is 9.10. The fourth-order valence-electron chi connectivity index (χ4n) is 1.17. The molecule has 1 aromatic carbocycles. The first kappa shape index (κ1) is 8.23. The molecule has 1 fully saturated rings. The van der Waals surface area contributed by atoms with Gasteiger partial charge in [-0.25, -0.2) is 9.78 Å². The van der Waals surface area contributed by atoms with E-state index in [1.165, 1.54) is 0 Å². The lowest BCUT2D eigenvalue weighted by atomic mass is 9.96. The van der Waals surface area contributed by atoms with E-state index in [9.17, 15) is 0 Å². The molecule has 1 aromatic rings. The Morgan fingerprint density at radius 3 is 2.33 bits per heavy atom. The number of hydrogen-bond acceptors (Lipinski definition) is 2. The summed E-state index contributed by atoms with van der Waals surface area (Å²) in [6.07, 6.45) is 0. The molecular weight excluding hydrogens is 220 g/mol. The lowest BCUT2D eigenvalue weighted by molar-refractivity contribution is -0.473. The Kier molecular flexibility index (Phi) is 1.94. The van der Waals surface area contributed by atoms with Crippen LogP contribution in [0.3, 0.4) is 0 Å². The first-order chi connectivity index (χ1) is 5.71. The molecule has 1 aliphatic heterocycles. The fraction of sp³-hybridized carbons (Fsp3) is 0.333. The summed E-state index contributed by atoms with van der Waals surface area (Å²) in [5.74, 6) is 0. The molecule has 3 heteroatoms. The number of benzene rings is 1. The van der Waals surface area contributed by atoms with Crippen molar-refractivity contribution < 1.29 is 9.78 Å². The van der Waals surface area contributed by atoms with Crippen LogP contribution in [-0.4, -0.2) is 6.61 Å². The van der Waals surface area contributed by atoms with Gasteiger partial charge >= 0.3 is 0 Å². The SMILES string of the molecule is CC1(c2ccc(Br)cc2)COO1. The first-order valence-electron chi connectivity index (χ1n) is 3.77. The molecule has 12 heavy (non-hydrogen) atoms. The van der Waals surface area contributed by atoms with Crippen LogP contribution in [0.25, 0.3) is 0 Å². The summed E-state index contributed by atoms with van der Waals surface area (Å²) in [7, 11) is 0. The van der Waals surface area contributed by atoms with Crippen LogP contribution in [0.1, 0.15) is 12.5 Å². The highest BCUT2D eigenvalue weighted by Crippen LogP contribution is 2.33. The molecule has 2 nitrogen and oxygen atoms in total. The van der Waals surface area contributed by atoms with Gasteiger partial charge in [0.25, 0.3) is 0 Å². The Morgan fingerprint density at radius 2 is 1.92 bits per heavy atom. The second kappa shape index (κ2) is 2.83. The molecule has 0 aromatic heterocycles. The van der Waals surface area contributed by atoms with E-state index in [2.05, 4.69) is 15.9 Å². The average molecular weight is 229 g/mol. The van der Waals surface area contributed by atoms with E-state index >= 15 is 0 Å². The van der Waals surface area contributed by atoms with Gasteiger partial charge in [0.1, 0.15) is 6.61 Å². The van der Waals surface area contributed by atoms with Crippen molar-refractivity contribution in [2.45, 2.75) is 12.5 Å². The van der Waals surface area contributed by atoms with Crippen molar-refractivity contribution in [3.8, 4) is 0 Å². The zero-order valence-electron chi connectivity index (χ0n) is 6.71. The molecule has 64 valence electrons. The Balaban J connectivity index is 2.28. The van der Waals surface area contributed by atoms with Crippen LogP contribution in [0.15, 0.2) is 28.7 Å². The van der Waals surface area contributed by atoms with Crippen LogP contribution >= 0.6 is 15.9 Å². The van der Waals surface area contributed by atoms with E-state index in [1.54, 1.807) is 0 Å². The predicted molar refractivity (Wildman–Crippen MR) is 48.5 cm³/mol. The Hall–Kier alpha value is -0.380. The number of halogens is 1. The lowest BCUT2D eigenvalue weighted by Gasteiger charge is -2.36. The molecular formula is C9H9BrO2. The predicted octanol–water partition coefficient (Wildman–Crippen LogP) is 2.63. The van der Waals surface area contributed by atoms with Gasteiger partial charge in [0, 0.05) is 4.47 Å². The first-order valence-corrected chi connectivity index (χ1v) is 4.57. The molecule has 0 saturated carbocycles. The third-order valence-electron chi connectivity index (χ3n) is 2.03. The molecule has 1 heterocycles. The summed E-state index contributed by atoms with van der Waals surface area (Å²) >= 11 is 3.38. The smallest absolute Gasteiger partial charge is 0.152 e. The van der Waals surface area contributed by atoms with Gasteiger partial charge in [-0.05, 0) is 24.6 Å². The zero-order valence-corrected chi connectivity index (χ0v) is 8.30. The third-order valence-corrected chi connectivity index (χ3v) is 2.56. The van der Waals surface area contributed by atoms with E-state index in [0.717, 1.165) is 10.0 Å². The van der Waals surface area contributed by atoms with Crippen molar-refractivity contribution in [1.82, 2.24) is 0 Å². The van der Waals surface area contributed by atoms with Gasteiger partial charge in [-0.3, -0.25) is 0 Å². The minimum Gasteiger partial charge on any atom is -0.232 e. The van der Waals surface area contributed by atoms with Gasteiger partial charge < -0.3 is 0 Å². The maximum absolute atomic E-state index is 5.03. The molecule has 1 saturated heterocycles. The Labute approximate surface area is 79.5 Å². The Bertz CT molecular complexity index is 277. The molecule has 0 N–H and O–H groups in total. The number of rotatable bonds is 1. The van der Waals surface area contributed by atoms with Crippen molar-refractivity contribution in [2.75, 3.05) is 6.61 Å². The summed E-state index contributed by atoms with van der Waals surface area (Å²) in [4.78, 5) is 9.74. The fourth-order valence-corrected chi connectivity index (χ4v) is 1.43. The van der Waals surface area contributed by atoms with Crippen LogP contribution in [-0.2, 0) is 15.4 Å². The molecule has 1 unspecified atom stereocenters. The van der Waals surface area contributed by atoms with Crippen molar-refractivity contribution in [2.24, 2.45) is 0 Å². The van der Waals surface area contributed by atoms with Crippen molar-refractivity contribution in [3.05, 3.63) is 34.3 Å². The largest absolute Gasteiger partial charge is 0.232 e. The summed E-state index contributed by atoms with van der Waals surface area (Å²) in [6.45, 7) is 2.65. The summed E-state index contributed by atoms with van der Waals surface area (Å²) in [5.41, 5.74) is 0.915. The normalized spacial score (nSPS) is 28.2. The maximum atomic E-state index is 5.03. The van der Waals surface area contributed by atoms with E-state index in [1.807, 2.05) is 31.2 Å². The summed E-state index contributed by atoms with van der Waals surface area (Å²) in [6, 6.07) is 8.07. The molecule has 0 aliphatic carbocycles. The van der Waals surface area contributed by atoms with Gasteiger partial charge in [0.15, 0.2) is 5.60 Å². The topological polar surface area (TPSA) is 18.5 Å². The second-order valence-corrected chi connectivity index (χ2v) is 4.00. The van der Waals surface area contributed by atoms with Crippen LogP contribution in [0.5, 0.6) is 0 Å². The highest BCUT2D eigenvalue weighted by atomic mass is 79.9. The van der Waals surface area contributed by atoms with E-state index < -0.39 is 0 Å². The monoisotopic (exact) mass is 228 g/mol. The molecule has 0 amide bonds. The maximum Gasteiger partial charge on any atom is 0.152 e. The molecule has 1 atom stereocenters.